The number of benzene rings is 1. The van der Waals surface area contributed by atoms with Crippen LogP contribution in [0.5, 0.6) is 0 Å². The van der Waals surface area contributed by atoms with Gasteiger partial charge in [-0.15, -0.1) is 0 Å². The number of likely N-dealkylation sites (tertiary alicyclic amines) is 1. The van der Waals surface area contributed by atoms with Crippen molar-refractivity contribution < 1.29 is 9.90 Å². The molecule has 1 amide bonds. The molecule has 2 saturated heterocycles. The van der Waals surface area contributed by atoms with Crippen molar-refractivity contribution >= 4 is 5.91 Å². The van der Waals surface area contributed by atoms with Crippen LogP contribution in [0.25, 0.3) is 0 Å². The van der Waals surface area contributed by atoms with Crippen LogP contribution >= 0.6 is 0 Å². The molecule has 1 aromatic heterocycles. The third-order valence-corrected chi connectivity index (χ3v) is 6.04. The molecule has 28 heavy (non-hydrogen) atoms. The van der Waals surface area contributed by atoms with Crippen LogP contribution in [0.3, 0.4) is 0 Å². The van der Waals surface area contributed by atoms with Crippen LogP contribution in [0.1, 0.15) is 49.0 Å². The maximum Gasteiger partial charge on any atom is 0.241 e. The van der Waals surface area contributed by atoms with Crippen LogP contribution in [-0.4, -0.2) is 40.0 Å². The van der Waals surface area contributed by atoms with E-state index in [-0.39, 0.29) is 18.0 Å². The summed E-state index contributed by atoms with van der Waals surface area (Å²) < 4.78 is 0. The molecule has 0 bridgehead atoms. The summed E-state index contributed by atoms with van der Waals surface area (Å²) in [5, 5.41) is 10.9. The molecular weight excluding hydrogens is 352 g/mol. The van der Waals surface area contributed by atoms with E-state index in [4.69, 9.17) is 0 Å². The number of hydrogen-bond acceptors (Lipinski definition) is 5. The van der Waals surface area contributed by atoms with Crippen LogP contribution in [0.4, 0.5) is 0 Å². The molecule has 6 nitrogen and oxygen atoms in total. The standard InChI is InChI=1S/C22H28N4O2/c1-2-16-6-8-17(9-7-16)18-15-19(25-24-18)21(27)26-13-10-22(28,11-14-26)20-5-3-4-12-23-20/h3-9,12,18-19,24-25,28H,2,10-11,13-15H2,1H3. The molecule has 2 aliphatic heterocycles. The summed E-state index contributed by atoms with van der Waals surface area (Å²) in [6.07, 6.45) is 4.48. The first kappa shape index (κ1) is 19.1. The van der Waals surface area contributed by atoms with Gasteiger partial charge in [-0.2, -0.15) is 0 Å². The molecule has 148 valence electrons. The second-order valence-electron chi connectivity index (χ2n) is 7.80. The zero-order valence-electron chi connectivity index (χ0n) is 16.3. The van der Waals surface area contributed by atoms with E-state index in [9.17, 15) is 9.90 Å². The predicted molar refractivity (Wildman–Crippen MR) is 107 cm³/mol. The molecule has 3 N–H and O–H groups in total. The number of pyridine rings is 1. The maximum atomic E-state index is 13.0. The average molecular weight is 380 g/mol. The first-order valence-corrected chi connectivity index (χ1v) is 10.1. The molecule has 1 aromatic carbocycles. The lowest BCUT2D eigenvalue weighted by Crippen LogP contribution is -2.51. The zero-order valence-corrected chi connectivity index (χ0v) is 16.3. The van der Waals surface area contributed by atoms with Gasteiger partial charge in [0.1, 0.15) is 11.6 Å². The topological polar surface area (TPSA) is 77.5 Å². The normalized spacial score (nSPS) is 24.3. The van der Waals surface area contributed by atoms with Crippen molar-refractivity contribution in [3.63, 3.8) is 0 Å². The van der Waals surface area contributed by atoms with Gasteiger partial charge >= 0.3 is 0 Å². The highest BCUT2D eigenvalue weighted by Gasteiger charge is 2.39. The van der Waals surface area contributed by atoms with Crippen molar-refractivity contribution in [3.05, 3.63) is 65.5 Å². The lowest BCUT2D eigenvalue weighted by molar-refractivity contribution is -0.137. The number of piperidine rings is 1. The molecule has 2 aliphatic rings. The smallest absolute Gasteiger partial charge is 0.241 e. The Labute approximate surface area is 165 Å². The zero-order chi connectivity index (χ0) is 19.6. The third kappa shape index (κ3) is 3.81. The fourth-order valence-corrected chi connectivity index (χ4v) is 4.13. The van der Waals surface area contributed by atoms with Gasteiger partial charge in [-0.05, 0) is 48.9 Å². The van der Waals surface area contributed by atoms with E-state index in [2.05, 4.69) is 47.0 Å². The molecule has 0 saturated carbocycles. The van der Waals surface area contributed by atoms with Crippen LogP contribution in [0.15, 0.2) is 48.7 Å². The summed E-state index contributed by atoms with van der Waals surface area (Å²) in [6, 6.07) is 14.1. The van der Waals surface area contributed by atoms with Gasteiger partial charge in [0.15, 0.2) is 0 Å². The maximum absolute atomic E-state index is 13.0. The predicted octanol–water partition coefficient (Wildman–Crippen LogP) is 2.06. The molecule has 0 spiro atoms. The van der Waals surface area contributed by atoms with Crippen LogP contribution in [0.2, 0.25) is 0 Å². The van der Waals surface area contributed by atoms with Crippen LogP contribution < -0.4 is 10.9 Å². The summed E-state index contributed by atoms with van der Waals surface area (Å²) in [5.74, 6) is 0.100. The second-order valence-corrected chi connectivity index (χ2v) is 7.80. The van der Waals surface area contributed by atoms with E-state index in [1.54, 1.807) is 6.20 Å². The molecular formula is C22H28N4O2. The molecule has 0 radical (unpaired) electrons. The van der Waals surface area contributed by atoms with Crippen LogP contribution in [-0.2, 0) is 16.8 Å². The van der Waals surface area contributed by atoms with Crippen molar-refractivity contribution in [1.29, 1.82) is 0 Å². The third-order valence-electron chi connectivity index (χ3n) is 6.04. The number of nitrogens with one attached hydrogen (secondary N) is 2. The van der Waals surface area contributed by atoms with E-state index in [0.717, 1.165) is 12.8 Å². The van der Waals surface area contributed by atoms with Crippen molar-refractivity contribution in [2.75, 3.05) is 13.1 Å². The highest BCUT2D eigenvalue weighted by molar-refractivity contribution is 5.82. The molecule has 2 atom stereocenters. The number of amides is 1. The number of aryl methyl sites for hydroxylation is 1. The first-order valence-electron chi connectivity index (χ1n) is 10.1. The molecule has 2 aromatic rings. The Bertz CT molecular complexity index is 801. The van der Waals surface area contributed by atoms with E-state index in [1.807, 2.05) is 23.1 Å². The molecule has 2 fully saturated rings. The number of carbonyl (C=O) groups is 1. The first-order chi connectivity index (χ1) is 13.6. The Balaban J connectivity index is 1.34. The number of carbonyl (C=O) groups excluding carboxylic acids is 1. The fourth-order valence-electron chi connectivity index (χ4n) is 4.13. The van der Waals surface area contributed by atoms with Gasteiger partial charge in [-0.3, -0.25) is 9.78 Å². The SMILES string of the molecule is CCc1ccc(C2CC(C(=O)N3CCC(O)(c4ccccn4)CC3)NN2)cc1. The summed E-state index contributed by atoms with van der Waals surface area (Å²) in [6.45, 7) is 3.23. The molecule has 0 aliphatic carbocycles. The van der Waals surface area contributed by atoms with E-state index >= 15 is 0 Å². The lowest BCUT2D eigenvalue weighted by atomic mass is 9.87. The number of rotatable bonds is 4. The van der Waals surface area contributed by atoms with Crippen molar-refractivity contribution in [1.82, 2.24) is 20.7 Å². The van der Waals surface area contributed by atoms with Gasteiger partial charge < -0.3 is 10.0 Å². The number of hydrogen-bond donors (Lipinski definition) is 3. The van der Waals surface area contributed by atoms with Gasteiger partial charge in [0.2, 0.25) is 5.91 Å². The molecule has 2 unspecified atom stereocenters. The fraction of sp³-hybridized carbons (Fsp3) is 0.455. The Morgan fingerprint density at radius 1 is 1.18 bits per heavy atom. The number of aromatic nitrogens is 1. The summed E-state index contributed by atoms with van der Waals surface area (Å²) in [4.78, 5) is 19.1. The van der Waals surface area contributed by atoms with E-state index < -0.39 is 5.60 Å². The van der Waals surface area contributed by atoms with Crippen LogP contribution in [0, 0.1) is 0 Å². The minimum Gasteiger partial charge on any atom is -0.383 e. The minimum absolute atomic E-state index is 0.100. The molecule has 3 heterocycles. The minimum atomic E-state index is -0.942. The van der Waals surface area contributed by atoms with Gasteiger partial charge in [0, 0.05) is 25.3 Å². The average Bonchev–Trinajstić information content (AvgIpc) is 3.25. The Morgan fingerprint density at radius 2 is 1.93 bits per heavy atom. The second kappa shape index (κ2) is 7.99. The summed E-state index contributed by atoms with van der Waals surface area (Å²) in [5.41, 5.74) is 8.70. The monoisotopic (exact) mass is 380 g/mol. The highest BCUT2D eigenvalue weighted by atomic mass is 16.3. The molecule has 4 rings (SSSR count). The highest BCUT2D eigenvalue weighted by Crippen LogP contribution is 2.32. The van der Waals surface area contributed by atoms with Crippen molar-refractivity contribution in [2.24, 2.45) is 0 Å². The van der Waals surface area contributed by atoms with Gasteiger partial charge in [-0.25, -0.2) is 10.9 Å². The van der Waals surface area contributed by atoms with Gasteiger partial charge in [0.05, 0.1) is 5.69 Å². The quantitative estimate of drug-likeness (QED) is 0.757. The Hall–Kier alpha value is -2.28. The summed E-state index contributed by atoms with van der Waals surface area (Å²) in [7, 11) is 0. The lowest BCUT2D eigenvalue weighted by Gasteiger charge is -2.38. The van der Waals surface area contributed by atoms with Gasteiger partial charge in [0.25, 0.3) is 0 Å². The molecule has 6 heteroatoms. The Morgan fingerprint density at radius 3 is 2.57 bits per heavy atom. The number of hydrazine groups is 1. The largest absolute Gasteiger partial charge is 0.383 e. The number of nitrogens with zero attached hydrogens (tertiary/aromatic N) is 2. The van der Waals surface area contributed by atoms with E-state index in [0.29, 0.717) is 31.6 Å². The Kier molecular flexibility index (Phi) is 5.44. The summed E-state index contributed by atoms with van der Waals surface area (Å²) >= 11 is 0. The van der Waals surface area contributed by atoms with Gasteiger partial charge in [-0.1, -0.05) is 37.3 Å². The van der Waals surface area contributed by atoms with Crippen molar-refractivity contribution in [2.45, 2.75) is 50.3 Å². The number of aliphatic hydroxyl groups is 1. The van der Waals surface area contributed by atoms with Crippen molar-refractivity contribution in [3.8, 4) is 0 Å². The van der Waals surface area contributed by atoms with E-state index in [1.165, 1.54) is 11.1 Å².